The third kappa shape index (κ3) is 3.80. The van der Waals surface area contributed by atoms with Crippen molar-refractivity contribution in [3.8, 4) is 5.88 Å². The average molecular weight is 319 g/mol. The van der Waals surface area contributed by atoms with Crippen molar-refractivity contribution in [3.63, 3.8) is 0 Å². The van der Waals surface area contributed by atoms with Crippen molar-refractivity contribution >= 4 is 5.91 Å². The van der Waals surface area contributed by atoms with Gasteiger partial charge in [-0.25, -0.2) is 9.97 Å². The molecule has 6 heteroatoms. The molecule has 2 saturated heterocycles. The smallest absolute Gasteiger partial charge is 0.228 e. The minimum absolute atomic E-state index is 0.0782. The fourth-order valence-corrected chi connectivity index (χ4v) is 3.17. The van der Waals surface area contributed by atoms with Crippen molar-refractivity contribution in [2.75, 3.05) is 32.9 Å². The lowest BCUT2D eigenvalue weighted by Crippen LogP contribution is -2.42. The van der Waals surface area contributed by atoms with Crippen LogP contribution in [0.15, 0.2) is 6.33 Å². The van der Waals surface area contributed by atoms with Crippen LogP contribution in [-0.2, 0) is 9.53 Å². The van der Waals surface area contributed by atoms with E-state index in [4.69, 9.17) is 9.47 Å². The third-order valence-corrected chi connectivity index (χ3v) is 4.95. The maximum atomic E-state index is 12.4. The van der Waals surface area contributed by atoms with Gasteiger partial charge in [0.15, 0.2) is 0 Å². The summed E-state index contributed by atoms with van der Waals surface area (Å²) in [5.41, 5.74) is 1.95. The monoisotopic (exact) mass is 319 g/mol. The number of hydrogen-bond acceptors (Lipinski definition) is 5. The maximum absolute atomic E-state index is 12.4. The average Bonchev–Trinajstić information content (AvgIpc) is 3.10. The number of ether oxygens (including phenoxy) is 2. The Morgan fingerprint density at radius 2 is 2.09 bits per heavy atom. The molecule has 23 heavy (non-hydrogen) atoms. The molecule has 0 spiro atoms. The predicted octanol–water partition coefficient (Wildman–Crippen LogP) is 1.75. The molecule has 3 rings (SSSR count). The Morgan fingerprint density at radius 1 is 1.30 bits per heavy atom. The Kier molecular flexibility index (Phi) is 5.10. The number of piperidine rings is 1. The van der Waals surface area contributed by atoms with Crippen LogP contribution in [0.1, 0.15) is 30.5 Å². The van der Waals surface area contributed by atoms with Crippen LogP contribution >= 0.6 is 0 Å². The van der Waals surface area contributed by atoms with Crippen LogP contribution in [0.2, 0.25) is 0 Å². The second-order valence-electron chi connectivity index (χ2n) is 6.53. The summed E-state index contributed by atoms with van der Waals surface area (Å²) in [6, 6.07) is 0. The largest absolute Gasteiger partial charge is 0.477 e. The van der Waals surface area contributed by atoms with E-state index < -0.39 is 0 Å². The van der Waals surface area contributed by atoms with E-state index >= 15 is 0 Å². The molecule has 0 aromatic carbocycles. The highest BCUT2D eigenvalue weighted by atomic mass is 16.5. The SMILES string of the molecule is Cc1ncnc(OCC2CCN(C(=O)C3CCOC3)CC2)c1C. The van der Waals surface area contributed by atoms with E-state index in [0.717, 1.165) is 50.2 Å². The standard InChI is InChI=1S/C17H25N3O3/c1-12-13(2)18-11-19-16(12)23-9-14-3-6-20(7-4-14)17(21)15-5-8-22-10-15/h11,14-15H,3-10H2,1-2H3. The number of rotatable bonds is 4. The van der Waals surface area contributed by atoms with E-state index in [1.807, 2.05) is 18.7 Å². The highest BCUT2D eigenvalue weighted by molar-refractivity contribution is 5.79. The Morgan fingerprint density at radius 3 is 2.78 bits per heavy atom. The Labute approximate surface area is 137 Å². The van der Waals surface area contributed by atoms with Crippen molar-refractivity contribution < 1.29 is 14.3 Å². The maximum Gasteiger partial charge on any atom is 0.228 e. The van der Waals surface area contributed by atoms with Crippen LogP contribution in [0.25, 0.3) is 0 Å². The highest BCUT2D eigenvalue weighted by Crippen LogP contribution is 2.23. The van der Waals surface area contributed by atoms with E-state index in [-0.39, 0.29) is 11.8 Å². The Hall–Kier alpha value is -1.69. The van der Waals surface area contributed by atoms with E-state index in [1.165, 1.54) is 0 Å². The number of amides is 1. The minimum Gasteiger partial charge on any atom is -0.477 e. The lowest BCUT2D eigenvalue weighted by molar-refractivity contribution is -0.137. The Bertz CT molecular complexity index is 550. The first-order chi connectivity index (χ1) is 11.1. The number of hydrogen-bond donors (Lipinski definition) is 0. The topological polar surface area (TPSA) is 64.6 Å². The van der Waals surface area contributed by atoms with Crippen LogP contribution in [0.4, 0.5) is 0 Å². The van der Waals surface area contributed by atoms with Crippen LogP contribution < -0.4 is 4.74 Å². The van der Waals surface area contributed by atoms with Crippen LogP contribution in [0.5, 0.6) is 5.88 Å². The van der Waals surface area contributed by atoms with Gasteiger partial charge >= 0.3 is 0 Å². The molecule has 1 aromatic rings. The molecule has 126 valence electrons. The fraction of sp³-hybridized carbons (Fsp3) is 0.706. The number of likely N-dealkylation sites (tertiary alicyclic amines) is 1. The third-order valence-electron chi connectivity index (χ3n) is 4.95. The first-order valence-corrected chi connectivity index (χ1v) is 8.42. The molecule has 0 aliphatic carbocycles. The molecule has 1 aromatic heterocycles. The number of carbonyl (C=O) groups is 1. The van der Waals surface area contributed by atoms with Crippen LogP contribution in [0.3, 0.4) is 0 Å². The molecule has 0 N–H and O–H groups in total. The molecule has 2 aliphatic heterocycles. The summed E-state index contributed by atoms with van der Waals surface area (Å²) >= 11 is 0. The number of carbonyl (C=O) groups excluding carboxylic acids is 1. The fourth-order valence-electron chi connectivity index (χ4n) is 3.17. The highest BCUT2D eigenvalue weighted by Gasteiger charge is 2.30. The van der Waals surface area contributed by atoms with Gasteiger partial charge in [-0.3, -0.25) is 4.79 Å². The van der Waals surface area contributed by atoms with Gasteiger partial charge in [0.2, 0.25) is 11.8 Å². The minimum atomic E-state index is 0.0782. The van der Waals surface area contributed by atoms with Crippen molar-refractivity contribution in [1.29, 1.82) is 0 Å². The van der Waals surface area contributed by atoms with Gasteiger partial charge in [0.1, 0.15) is 6.33 Å². The van der Waals surface area contributed by atoms with E-state index in [1.54, 1.807) is 6.33 Å². The lowest BCUT2D eigenvalue weighted by Gasteiger charge is -2.33. The quantitative estimate of drug-likeness (QED) is 0.846. The van der Waals surface area contributed by atoms with Gasteiger partial charge in [0, 0.05) is 31.0 Å². The molecule has 0 bridgehead atoms. The molecule has 2 fully saturated rings. The zero-order valence-electron chi connectivity index (χ0n) is 14.0. The van der Waals surface area contributed by atoms with Crippen molar-refractivity contribution in [2.24, 2.45) is 11.8 Å². The molecular formula is C17H25N3O3. The van der Waals surface area contributed by atoms with Gasteiger partial charge < -0.3 is 14.4 Å². The van der Waals surface area contributed by atoms with Gasteiger partial charge in [-0.2, -0.15) is 0 Å². The van der Waals surface area contributed by atoms with Crippen molar-refractivity contribution in [2.45, 2.75) is 33.1 Å². The van der Waals surface area contributed by atoms with E-state index in [9.17, 15) is 4.79 Å². The van der Waals surface area contributed by atoms with Gasteiger partial charge in [0.25, 0.3) is 0 Å². The molecule has 1 amide bonds. The molecule has 0 saturated carbocycles. The summed E-state index contributed by atoms with van der Waals surface area (Å²) in [7, 11) is 0. The second-order valence-corrected chi connectivity index (χ2v) is 6.53. The van der Waals surface area contributed by atoms with E-state index in [2.05, 4.69) is 9.97 Å². The summed E-state index contributed by atoms with van der Waals surface area (Å²) < 4.78 is 11.2. The predicted molar refractivity (Wildman–Crippen MR) is 85.2 cm³/mol. The van der Waals surface area contributed by atoms with Gasteiger partial charge in [0.05, 0.1) is 19.1 Å². The molecule has 3 heterocycles. The first kappa shape index (κ1) is 16.2. The molecule has 1 atom stereocenters. The molecule has 1 unspecified atom stereocenters. The first-order valence-electron chi connectivity index (χ1n) is 8.42. The van der Waals surface area contributed by atoms with Crippen molar-refractivity contribution in [3.05, 3.63) is 17.6 Å². The summed E-state index contributed by atoms with van der Waals surface area (Å²) in [5.74, 6) is 1.51. The van der Waals surface area contributed by atoms with Gasteiger partial charge in [-0.15, -0.1) is 0 Å². The van der Waals surface area contributed by atoms with Gasteiger partial charge in [-0.05, 0) is 39.0 Å². The molecule has 6 nitrogen and oxygen atoms in total. The van der Waals surface area contributed by atoms with Gasteiger partial charge in [-0.1, -0.05) is 0 Å². The molecular weight excluding hydrogens is 294 g/mol. The summed E-state index contributed by atoms with van der Waals surface area (Å²) in [5, 5.41) is 0. The Balaban J connectivity index is 1.46. The normalized spacial score (nSPS) is 22.3. The number of aromatic nitrogens is 2. The molecule has 0 radical (unpaired) electrons. The zero-order chi connectivity index (χ0) is 16.2. The van der Waals surface area contributed by atoms with Crippen LogP contribution in [0, 0.1) is 25.7 Å². The van der Waals surface area contributed by atoms with Crippen LogP contribution in [-0.4, -0.2) is 53.7 Å². The summed E-state index contributed by atoms with van der Waals surface area (Å²) in [4.78, 5) is 22.7. The molecule has 2 aliphatic rings. The number of aryl methyl sites for hydroxylation is 1. The zero-order valence-corrected chi connectivity index (χ0v) is 14.0. The van der Waals surface area contributed by atoms with E-state index in [0.29, 0.717) is 25.0 Å². The second kappa shape index (κ2) is 7.25. The number of nitrogens with zero attached hydrogens (tertiary/aromatic N) is 3. The summed E-state index contributed by atoms with van der Waals surface area (Å²) in [6.07, 6.45) is 4.39. The summed E-state index contributed by atoms with van der Waals surface area (Å²) in [6.45, 7) is 7.56. The lowest BCUT2D eigenvalue weighted by atomic mass is 9.96. The van der Waals surface area contributed by atoms with Crippen molar-refractivity contribution in [1.82, 2.24) is 14.9 Å².